The van der Waals surface area contributed by atoms with E-state index in [1.54, 1.807) is 18.3 Å². The first-order chi connectivity index (χ1) is 9.65. The number of carbonyl (C=O) groups is 1. The summed E-state index contributed by atoms with van der Waals surface area (Å²) in [4.78, 5) is 14.9. The summed E-state index contributed by atoms with van der Waals surface area (Å²) in [5.41, 5.74) is 1.61. The fraction of sp³-hybridized carbons (Fsp3) is 0.286. The molecular formula is C14H14Br2N2O2. The minimum atomic E-state index is 0.428. The van der Waals surface area contributed by atoms with Crippen molar-refractivity contribution in [1.29, 1.82) is 0 Å². The molecule has 0 amide bonds. The van der Waals surface area contributed by atoms with Gasteiger partial charge in [-0.25, -0.2) is 4.98 Å². The highest BCUT2D eigenvalue weighted by atomic mass is 79.9. The molecule has 0 aliphatic heterocycles. The van der Waals surface area contributed by atoms with Gasteiger partial charge in [-0.1, -0.05) is 6.92 Å². The van der Waals surface area contributed by atoms with E-state index in [0.29, 0.717) is 17.9 Å². The van der Waals surface area contributed by atoms with Gasteiger partial charge in [0.05, 0.1) is 27.2 Å². The maximum atomic E-state index is 10.8. The first kappa shape index (κ1) is 15.3. The molecule has 0 saturated carbocycles. The van der Waals surface area contributed by atoms with Crippen molar-refractivity contribution in [3.8, 4) is 5.75 Å². The number of rotatable bonds is 6. The molecular weight excluding hydrogens is 388 g/mol. The number of aryl methyl sites for hydroxylation is 1. The van der Waals surface area contributed by atoms with Crippen LogP contribution < -0.4 is 4.74 Å². The van der Waals surface area contributed by atoms with E-state index in [0.717, 1.165) is 33.9 Å². The van der Waals surface area contributed by atoms with E-state index in [4.69, 9.17) is 4.74 Å². The number of hydrogen-bond donors (Lipinski definition) is 0. The molecule has 0 aliphatic carbocycles. The van der Waals surface area contributed by atoms with Crippen molar-refractivity contribution in [3.05, 3.63) is 44.9 Å². The van der Waals surface area contributed by atoms with Crippen LogP contribution in [0.25, 0.3) is 0 Å². The molecule has 4 nitrogen and oxygen atoms in total. The van der Waals surface area contributed by atoms with Crippen molar-refractivity contribution in [2.75, 3.05) is 0 Å². The Morgan fingerprint density at radius 2 is 2.05 bits per heavy atom. The predicted molar refractivity (Wildman–Crippen MR) is 84.1 cm³/mol. The van der Waals surface area contributed by atoms with E-state index in [1.165, 1.54) is 0 Å². The number of imidazole rings is 1. The van der Waals surface area contributed by atoms with Crippen molar-refractivity contribution >= 4 is 38.1 Å². The zero-order valence-electron chi connectivity index (χ0n) is 11.0. The van der Waals surface area contributed by atoms with Gasteiger partial charge in [0.15, 0.2) is 0 Å². The summed E-state index contributed by atoms with van der Waals surface area (Å²) in [6, 6.07) is 3.47. The summed E-state index contributed by atoms with van der Waals surface area (Å²) < 4.78 is 9.39. The smallest absolute Gasteiger partial charge is 0.150 e. The predicted octanol–water partition coefficient (Wildman–Crippen LogP) is 4.21. The van der Waals surface area contributed by atoms with Crippen LogP contribution in [0.15, 0.2) is 33.6 Å². The Hall–Kier alpha value is -1.14. The third kappa shape index (κ3) is 3.49. The average molecular weight is 402 g/mol. The van der Waals surface area contributed by atoms with Gasteiger partial charge in [-0.15, -0.1) is 0 Å². The minimum Gasteiger partial charge on any atom is -0.485 e. The molecule has 1 heterocycles. The fourth-order valence-corrected chi connectivity index (χ4v) is 3.29. The normalized spacial score (nSPS) is 10.6. The second-order valence-electron chi connectivity index (χ2n) is 4.30. The standard InChI is InChI=1S/C14H14Br2N2O2/c1-2-3-18-9-17-6-11(18)8-20-14-12(15)4-10(7-19)5-13(14)16/h4-7,9H,2-3,8H2,1H3. The van der Waals surface area contributed by atoms with Crippen LogP contribution in [0.2, 0.25) is 0 Å². The van der Waals surface area contributed by atoms with Crippen LogP contribution in [-0.2, 0) is 13.2 Å². The Morgan fingerprint density at radius 3 is 2.65 bits per heavy atom. The quantitative estimate of drug-likeness (QED) is 0.681. The Labute approximate surface area is 134 Å². The Bertz CT molecular complexity index is 588. The largest absolute Gasteiger partial charge is 0.485 e. The maximum Gasteiger partial charge on any atom is 0.150 e. The van der Waals surface area contributed by atoms with Gasteiger partial charge >= 0.3 is 0 Å². The van der Waals surface area contributed by atoms with E-state index in [-0.39, 0.29) is 0 Å². The molecule has 1 aromatic carbocycles. The van der Waals surface area contributed by atoms with Crippen molar-refractivity contribution in [3.63, 3.8) is 0 Å². The molecule has 0 saturated heterocycles. The lowest BCUT2D eigenvalue weighted by Gasteiger charge is -2.12. The van der Waals surface area contributed by atoms with Gasteiger partial charge in [0.2, 0.25) is 0 Å². The van der Waals surface area contributed by atoms with Crippen LogP contribution in [0.3, 0.4) is 0 Å². The monoisotopic (exact) mass is 400 g/mol. The van der Waals surface area contributed by atoms with Crippen molar-refractivity contribution in [2.24, 2.45) is 0 Å². The Kier molecular flexibility index (Phi) is 5.37. The zero-order chi connectivity index (χ0) is 14.5. The van der Waals surface area contributed by atoms with Crippen LogP contribution in [0.4, 0.5) is 0 Å². The molecule has 6 heteroatoms. The lowest BCUT2D eigenvalue weighted by molar-refractivity contribution is 0.112. The molecule has 106 valence electrons. The fourth-order valence-electron chi connectivity index (χ4n) is 1.84. The highest BCUT2D eigenvalue weighted by Crippen LogP contribution is 2.34. The van der Waals surface area contributed by atoms with Gasteiger partial charge in [0, 0.05) is 12.1 Å². The van der Waals surface area contributed by atoms with Crippen molar-refractivity contribution in [1.82, 2.24) is 9.55 Å². The molecule has 20 heavy (non-hydrogen) atoms. The first-order valence-electron chi connectivity index (χ1n) is 6.21. The number of hydrogen-bond acceptors (Lipinski definition) is 3. The summed E-state index contributed by atoms with van der Waals surface area (Å²) in [5.74, 6) is 0.680. The second-order valence-corrected chi connectivity index (χ2v) is 6.01. The topological polar surface area (TPSA) is 44.1 Å². The highest BCUT2D eigenvalue weighted by molar-refractivity contribution is 9.11. The SMILES string of the molecule is CCCn1cncc1COc1c(Br)cc(C=O)cc1Br. The molecule has 1 aromatic heterocycles. The molecule has 0 radical (unpaired) electrons. The van der Waals surface area contributed by atoms with Crippen LogP contribution >= 0.6 is 31.9 Å². The Morgan fingerprint density at radius 1 is 1.35 bits per heavy atom. The second kappa shape index (κ2) is 7.04. The van der Waals surface area contributed by atoms with Crippen LogP contribution in [-0.4, -0.2) is 15.8 Å². The van der Waals surface area contributed by atoms with Crippen molar-refractivity contribution in [2.45, 2.75) is 26.5 Å². The molecule has 0 aliphatic rings. The Balaban J connectivity index is 2.14. The molecule has 2 aromatic rings. The highest BCUT2D eigenvalue weighted by Gasteiger charge is 2.10. The number of nitrogens with zero attached hydrogens (tertiary/aromatic N) is 2. The molecule has 0 bridgehead atoms. The molecule has 0 fully saturated rings. The van der Waals surface area contributed by atoms with Crippen LogP contribution in [0, 0.1) is 0 Å². The number of aromatic nitrogens is 2. The van der Waals surface area contributed by atoms with E-state index in [9.17, 15) is 4.79 Å². The van der Waals surface area contributed by atoms with E-state index < -0.39 is 0 Å². The average Bonchev–Trinajstić information content (AvgIpc) is 2.85. The third-order valence-corrected chi connectivity index (χ3v) is 3.96. The van der Waals surface area contributed by atoms with Crippen LogP contribution in [0.1, 0.15) is 29.4 Å². The van der Waals surface area contributed by atoms with Crippen LogP contribution in [0.5, 0.6) is 5.75 Å². The van der Waals surface area contributed by atoms with Gasteiger partial charge < -0.3 is 9.30 Å². The third-order valence-electron chi connectivity index (χ3n) is 2.78. The van der Waals surface area contributed by atoms with Gasteiger partial charge in [0.25, 0.3) is 0 Å². The summed E-state index contributed by atoms with van der Waals surface area (Å²) in [7, 11) is 0. The first-order valence-corrected chi connectivity index (χ1v) is 7.80. The zero-order valence-corrected chi connectivity index (χ0v) is 14.1. The van der Waals surface area contributed by atoms with E-state index in [1.807, 2.05) is 6.33 Å². The van der Waals surface area contributed by atoms with Gasteiger partial charge in [-0.05, 0) is 50.4 Å². The van der Waals surface area contributed by atoms with E-state index >= 15 is 0 Å². The summed E-state index contributed by atoms with van der Waals surface area (Å²) in [6.45, 7) is 3.47. The molecule has 0 spiro atoms. The molecule has 0 unspecified atom stereocenters. The van der Waals surface area contributed by atoms with E-state index in [2.05, 4.69) is 48.3 Å². The maximum absolute atomic E-state index is 10.8. The van der Waals surface area contributed by atoms with Gasteiger partial charge in [-0.2, -0.15) is 0 Å². The molecule has 0 N–H and O–H groups in total. The summed E-state index contributed by atoms with van der Waals surface area (Å²) >= 11 is 6.83. The van der Waals surface area contributed by atoms with Gasteiger partial charge in [0.1, 0.15) is 18.6 Å². The lowest BCUT2D eigenvalue weighted by atomic mass is 10.2. The lowest BCUT2D eigenvalue weighted by Crippen LogP contribution is -2.05. The molecule has 0 atom stereocenters. The summed E-state index contributed by atoms with van der Waals surface area (Å²) in [6.07, 6.45) is 5.46. The minimum absolute atomic E-state index is 0.428. The number of aldehydes is 1. The number of benzene rings is 1. The number of carbonyl (C=O) groups excluding carboxylic acids is 1. The number of ether oxygens (including phenoxy) is 1. The summed E-state index contributed by atoms with van der Waals surface area (Å²) in [5, 5.41) is 0. The van der Waals surface area contributed by atoms with Crippen molar-refractivity contribution < 1.29 is 9.53 Å². The number of halogens is 2. The molecule has 2 rings (SSSR count). The van der Waals surface area contributed by atoms with Gasteiger partial charge in [-0.3, -0.25) is 4.79 Å².